The Hall–Kier alpha value is -0.340. The van der Waals surface area contributed by atoms with Gasteiger partial charge in [0.05, 0.1) is 26.4 Å². The van der Waals surface area contributed by atoms with Gasteiger partial charge in [-0.15, -0.1) is 0 Å². The van der Waals surface area contributed by atoms with Crippen molar-refractivity contribution in [2.75, 3.05) is 39.6 Å². The molecule has 0 aliphatic carbocycles. The highest BCUT2D eigenvalue weighted by Crippen LogP contribution is 2.10. The van der Waals surface area contributed by atoms with E-state index in [-0.39, 0.29) is 26.4 Å². The summed E-state index contributed by atoms with van der Waals surface area (Å²) < 4.78 is 76.5. The molecule has 0 aliphatic rings. The predicted molar refractivity (Wildman–Crippen MR) is 103 cm³/mol. The van der Waals surface area contributed by atoms with Gasteiger partial charge >= 0.3 is 20.8 Å². The maximum absolute atomic E-state index is 10.3. The molecule has 0 fully saturated rings. The summed E-state index contributed by atoms with van der Waals surface area (Å²) in [6.45, 7) is 1.05. The summed E-state index contributed by atoms with van der Waals surface area (Å²) in [7, 11) is -8.74. The lowest BCUT2D eigenvalue weighted by Crippen LogP contribution is -2.10. The van der Waals surface area contributed by atoms with Crippen molar-refractivity contribution in [1.82, 2.24) is 0 Å². The SMILES string of the molecule is O=S(=O)(O)OCCOCCCCCCCCCCCCOCCOS(=O)(=O)O. The third kappa shape index (κ3) is 25.7. The quantitative estimate of drug-likeness (QED) is 0.197. The van der Waals surface area contributed by atoms with Crippen LogP contribution in [0.3, 0.4) is 0 Å². The zero-order chi connectivity index (χ0) is 21.1. The Bertz CT molecular complexity index is 498. The van der Waals surface area contributed by atoms with Crippen molar-refractivity contribution >= 4 is 20.8 Å². The first-order valence-electron chi connectivity index (χ1n) is 9.60. The second kappa shape index (κ2) is 17.5. The van der Waals surface area contributed by atoms with E-state index in [1.807, 2.05) is 0 Å². The van der Waals surface area contributed by atoms with E-state index in [4.69, 9.17) is 18.6 Å². The van der Waals surface area contributed by atoms with Crippen LogP contribution < -0.4 is 0 Å². The van der Waals surface area contributed by atoms with E-state index in [0.717, 1.165) is 38.5 Å². The standard InChI is InChI=1S/C16H34O10S2/c17-27(18,19)25-15-13-23-11-9-7-5-3-1-2-4-6-8-10-12-24-14-16-26-28(20,21)22/h1-16H2,(H,17,18,19)(H,20,21,22). The Morgan fingerprint density at radius 3 is 1.00 bits per heavy atom. The average molecular weight is 451 g/mol. The molecule has 0 atom stereocenters. The van der Waals surface area contributed by atoms with E-state index >= 15 is 0 Å². The lowest BCUT2D eigenvalue weighted by molar-refractivity contribution is 0.0943. The second-order valence-corrected chi connectivity index (χ2v) is 8.44. The predicted octanol–water partition coefficient (Wildman–Crippen LogP) is 2.56. The first-order valence-corrected chi connectivity index (χ1v) is 12.3. The fourth-order valence-corrected chi connectivity index (χ4v) is 2.98. The van der Waals surface area contributed by atoms with Crippen molar-refractivity contribution in [3.63, 3.8) is 0 Å². The van der Waals surface area contributed by atoms with Crippen LogP contribution in [0.1, 0.15) is 64.2 Å². The third-order valence-corrected chi connectivity index (χ3v) is 4.68. The minimum atomic E-state index is -4.37. The van der Waals surface area contributed by atoms with Crippen LogP contribution in [-0.4, -0.2) is 65.6 Å². The molecule has 28 heavy (non-hydrogen) atoms. The molecule has 0 rings (SSSR count). The topological polar surface area (TPSA) is 146 Å². The summed E-state index contributed by atoms with van der Waals surface area (Å²) in [5.74, 6) is 0. The molecule has 0 radical (unpaired) electrons. The molecule has 170 valence electrons. The van der Waals surface area contributed by atoms with E-state index in [2.05, 4.69) is 8.37 Å². The van der Waals surface area contributed by atoms with Gasteiger partial charge < -0.3 is 9.47 Å². The molecule has 0 aromatic rings. The van der Waals surface area contributed by atoms with Gasteiger partial charge in [0.2, 0.25) is 0 Å². The van der Waals surface area contributed by atoms with E-state index in [0.29, 0.717) is 13.2 Å². The van der Waals surface area contributed by atoms with Gasteiger partial charge in [-0.25, -0.2) is 8.37 Å². The molecule has 0 aliphatic heterocycles. The highest BCUT2D eigenvalue weighted by molar-refractivity contribution is 7.81. The molecule has 0 saturated heterocycles. The molecular weight excluding hydrogens is 416 g/mol. The second-order valence-electron chi connectivity index (χ2n) is 6.26. The molecule has 0 bridgehead atoms. The van der Waals surface area contributed by atoms with Crippen molar-refractivity contribution in [2.45, 2.75) is 64.2 Å². The lowest BCUT2D eigenvalue weighted by atomic mass is 10.1. The first kappa shape index (κ1) is 27.7. The molecule has 0 saturated carbocycles. The fourth-order valence-electron chi connectivity index (χ4n) is 2.42. The molecule has 10 nitrogen and oxygen atoms in total. The summed E-state index contributed by atoms with van der Waals surface area (Å²) in [4.78, 5) is 0. The monoisotopic (exact) mass is 450 g/mol. The number of unbranched alkanes of at least 4 members (excludes halogenated alkanes) is 9. The van der Waals surface area contributed by atoms with Crippen molar-refractivity contribution in [3.05, 3.63) is 0 Å². The van der Waals surface area contributed by atoms with E-state index in [1.165, 1.54) is 25.7 Å². The Labute approximate surface area is 168 Å². The van der Waals surface area contributed by atoms with Crippen LogP contribution >= 0.6 is 0 Å². The maximum Gasteiger partial charge on any atom is 0.397 e. The van der Waals surface area contributed by atoms with Crippen LogP contribution in [0.25, 0.3) is 0 Å². The molecule has 0 unspecified atom stereocenters. The Balaban J connectivity index is 3.10. The van der Waals surface area contributed by atoms with Crippen LogP contribution in [0.5, 0.6) is 0 Å². The largest absolute Gasteiger partial charge is 0.397 e. The van der Waals surface area contributed by atoms with Crippen LogP contribution in [0.4, 0.5) is 0 Å². The Kier molecular flexibility index (Phi) is 17.3. The highest BCUT2D eigenvalue weighted by atomic mass is 32.3. The fraction of sp³-hybridized carbons (Fsp3) is 1.00. The highest BCUT2D eigenvalue weighted by Gasteiger charge is 2.03. The molecule has 12 heteroatoms. The van der Waals surface area contributed by atoms with Gasteiger partial charge in [0.15, 0.2) is 0 Å². The van der Waals surface area contributed by atoms with Crippen LogP contribution in [0.15, 0.2) is 0 Å². The molecule has 0 heterocycles. The summed E-state index contributed by atoms with van der Waals surface area (Å²) in [6.07, 6.45) is 11.0. The van der Waals surface area contributed by atoms with Gasteiger partial charge in [-0.05, 0) is 12.8 Å². The van der Waals surface area contributed by atoms with Gasteiger partial charge in [-0.1, -0.05) is 51.4 Å². The molecule has 0 aromatic heterocycles. The Morgan fingerprint density at radius 2 is 0.714 bits per heavy atom. The smallest absolute Gasteiger partial charge is 0.379 e. The third-order valence-electron chi connectivity index (χ3n) is 3.75. The van der Waals surface area contributed by atoms with E-state index < -0.39 is 20.8 Å². The number of rotatable bonds is 21. The molecular formula is C16H34O10S2. The van der Waals surface area contributed by atoms with Crippen molar-refractivity contribution in [2.24, 2.45) is 0 Å². The molecule has 0 aromatic carbocycles. The lowest BCUT2D eigenvalue weighted by Gasteiger charge is -2.05. The van der Waals surface area contributed by atoms with Gasteiger partial charge in [-0.3, -0.25) is 9.11 Å². The van der Waals surface area contributed by atoms with Gasteiger partial charge in [0, 0.05) is 13.2 Å². The average Bonchev–Trinajstić information content (AvgIpc) is 2.58. The summed E-state index contributed by atoms with van der Waals surface area (Å²) in [5.41, 5.74) is 0. The van der Waals surface area contributed by atoms with Crippen LogP contribution in [0.2, 0.25) is 0 Å². The number of hydrogen-bond donors (Lipinski definition) is 2. The van der Waals surface area contributed by atoms with Gasteiger partial charge in [-0.2, -0.15) is 16.8 Å². The Morgan fingerprint density at radius 1 is 0.429 bits per heavy atom. The zero-order valence-electron chi connectivity index (χ0n) is 16.3. The zero-order valence-corrected chi connectivity index (χ0v) is 17.9. The van der Waals surface area contributed by atoms with Gasteiger partial charge in [0.25, 0.3) is 0 Å². The maximum atomic E-state index is 10.3. The first-order chi connectivity index (χ1) is 13.2. The summed E-state index contributed by atoms with van der Waals surface area (Å²) in [6, 6.07) is 0. The molecule has 0 spiro atoms. The normalized spacial score (nSPS) is 12.5. The van der Waals surface area contributed by atoms with Crippen molar-refractivity contribution in [3.8, 4) is 0 Å². The van der Waals surface area contributed by atoms with Crippen LogP contribution in [-0.2, 0) is 38.6 Å². The number of hydrogen-bond acceptors (Lipinski definition) is 8. The van der Waals surface area contributed by atoms with Gasteiger partial charge in [0.1, 0.15) is 0 Å². The minimum absolute atomic E-state index is 0.142. The van der Waals surface area contributed by atoms with Crippen LogP contribution in [0, 0.1) is 0 Å². The van der Waals surface area contributed by atoms with Crippen molar-refractivity contribution in [1.29, 1.82) is 0 Å². The molecule has 0 amide bonds. The van der Waals surface area contributed by atoms with E-state index in [1.54, 1.807) is 0 Å². The minimum Gasteiger partial charge on any atom is -0.379 e. The summed E-state index contributed by atoms with van der Waals surface area (Å²) >= 11 is 0. The number of ether oxygens (including phenoxy) is 2. The van der Waals surface area contributed by atoms with Crippen molar-refractivity contribution < 1.29 is 43.8 Å². The summed E-state index contributed by atoms with van der Waals surface area (Å²) in [5, 5.41) is 0. The molecule has 2 N–H and O–H groups in total. The van der Waals surface area contributed by atoms with E-state index in [9.17, 15) is 16.8 Å².